The maximum absolute atomic E-state index is 12.9. The molecule has 0 spiro atoms. The van der Waals surface area contributed by atoms with E-state index < -0.39 is 6.03 Å². The molecule has 27 heavy (non-hydrogen) atoms. The van der Waals surface area contributed by atoms with Gasteiger partial charge in [0.1, 0.15) is 5.82 Å². The topological polar surface area (TPSA) is 61.4 Å². The fourth-order valence-electron chi connectivity index (χ4n) is 3.43. The molecule has 0 aromatic heterocycles. The molecule has 0 radical (unpaired) electrons. The Morgan fingerprint density at radius 1 is 1.11 bits per heavy atom. The molecule has 1 atom stereocenters. The van der Waals surface area contributed by atoms with Crippen LogP contribution >= 0.6 is 0 Å². The molecule has 2 N–H and O–H groups in total. The van der Waals surface area contributed by atoms with Crippen LogP contribution in [0.25, 0.3) is 0 Å². The number of carbonyl (C=O) groups is 2. The lowest BCUT2D eigenvalue weighted by Gasteiger charge is -2.33. The number of urea groups is 1. The number of amides is 3. The van der Waals surface area contributed by atoms with E-state index in [1.165, 1.54) is 23.3 Å². The summed E-state index contributed by atoms with van der Waals surface area (Å²) in [7, 11) is 1.78. The van der Waals surface area contributed by atoms with E-state index in [2.05, 4.69) is 22.8 Å². The molecule has 3 amide bonds. The summed E-state index contributed by atoms with van der Waals surface area (Å²) in [5, 5.41) is 5.26. The van der Waals surface area contributed by atoms with E-state index in [1.54, 1.807) is 24.1 Å². The molecule has 1 aliphatic carbocycles. The maximum Gasteiger partial charge on any atom is 0.315 e. The Labute approximate surface area is 158 Å². The first-order chi connectivity index (χ1) is 13.0. The van der Waals surface area contributed by atoms with E-state index in [0.717, 1.165) is 24.8 Å². The van der Waals surface area contributed by atoms with Crippen molar-refractivity contribution in [3.8, 4) is 0 Å². The Hall–Kier alpha value is -2.89. The minimum absolute atomic E-state index is 0.0477. The number of carbonyl (C=O) groups excluding carboxylic acids is 2. The van der Waals surface area contributed by atoms with Gasteiger partial charge in [-0.2, -0.15) is 0 Å². The van der Waals surface area contributed by atoms with Gasteiger partial charge in [0.05, 0.1) is 12.6 Å². The van der Waals surface area contributed by atoms with E-state index in [1.807, 2.05) is 12.1 Å². The van der Waals surface area contributed by atoms with E-state index in [-0.39, 0.29) is 30.9 Å². The number of nitrogens with one attached hydrogen (secondary N) is 2. The number of fused-ring (bicyclic) bond motifs is 1. The zero-order valence-electron chi connectivity index (χ0n) is 15.4. The average molecular weight is 369 g/mol. The quantitative estimate of drug-likeness (QED) is 0.850. The van der Waals surface area contributed by atoms with Crippen molar-refractivity contribution in [3.63, 3.8) is 0 Å². The highest BCUT2D eigenvalue weighted by Crippen LogP contribution is 2.33. The molecular formula is C21H24FN3O2. The lowest BCUT2D eigenvalue weighted by atomic mass is 9.87. The molecule has 2 aromatic rings. The van der Waals surface area contributed by atoms with Gasteiger partial charge in [-0.25, -0.2) is 9.18 Å². The van der Waals surface area contributed by atoms with Crippen LogP contribution in [0.1, 0.15) is 35.6 Å². The summed E-state index contributed by atoms with van der Waals surface area (Å²) < 4.78 is 12.9. The zero-order valence-corrected chi connectivity index (χ0v) is 15.4. The van der Waals surface area contributed by atoms with Gasteiger partial charge < -0.3 is 15.5 Å². The highest BCUT2D eigenvalue weighted by atomic mass is 19.1. The van der Waals surface area contributed by atoms with Gasteiger partial charge >= 0.3 is 6.03 Å². The van der Waals surface area contributed by atoms with E-state index in [4.69, 9.17) is 0 Å². The summed E-state index contributed by atoms with van der Waals surface area (Å²) in [5.41, 5.74) is 3.27. The molecule has 2 aromatic carbocycles. The fraction of sp³-hybridized carbons (Fsp3) is 0.333. The van der Waals surface area contributed by atoms with Crippen LogP contribution in [0.2, 0.25) is 0 Å². The van der Waals surface area contributed by atoms with Crippen molar-refractivity contribution in [1.29, 1.82) is 0 Å². The number of halogens is 1. The molecule has 142 valence electrons. The van der Waals surface area contributed by atoms with Crippen molar-refractivity contribution in [2.24, 2.45) is 0 Å². The Bertz CT molecular complexity index is 807. The average Bonchev–Trinajstić information content (AvgIpc) is 2.70. The molecule has 0 unspecified atom stereocenters. The smallest absolute Gasteiger partial charge is 0.315 e. The van der Waals surface area contributed by atoms with Crippen LogP contribution in [0, 0.1) is 5.82 Å². The van der Waals surface area contributed by atoms with Gasteiger partial charge in [0.25, 0.3) is 0 Å². The summed E-state index contributed by atoms with van der Waals surface area (Å²) in [5.74, 6) is -0.449. The van der Waals surface area contributed by atoms with E-state index in [9.17, 15) is 14.0 Å². The Morgan fingerprint density at radius 3 is 2.63 bits per heavy atom. The summed E-state index contributed by atoms with van der Waals surface area (Å²) in [6, 6.07) is 13.7. The van der Waals surface area contributed by atoms with Crippen molar-refractivity contribution in [1.82, 2.24) is 15.5 Å². The van der Waals surface area contributed by atoms with Gasteiger partial charge in [-0.1, -0.05) is 36.4 Å². The number of nitrogens with zero attached hydrogens (tertiary/aromatic N) is 1. The van der Waals surface area contributed by atoms with Crippen molar-refractivity contribution in [3.05, 3.63) is 71.0 Å². The summed E-state index contributed by atoms with van der Waals surface area (Å²) in [6.07, 6.45) is 3.01. The van der Waals surface area contributed by atoms with Gasteiger partial charge in [0.2, 0.25) is 5.91 Å². The molecule has 6 heteroatoms. The Balaban J connectivity index is 1.49. The molecule has 0 aliphatic heterocycles. The van der Waals surface area contributed by atoms with Crippen molar-refractivity contribution in [2.45, 2.75) is 31.8 Å². The minimum Gasteiger partial charge on any atom is -0.337 e. The van der Waals surface area contributed by atoms with Gasteiger partial charge in [0, 0.05) is 13.6 Å². The standard InChI is InChI=1S/C21H24FN3O2/c1-25(19-8-4-6-16-5-2-3-7-18(16)19)20(26)14-24-21(27)23-13-15-9-11-17(22)12-10-15/h2-3,5,7,9-12,19H,4,6,8,13-14H2,1H3,(H2,23,24,27)/t19-/m0/s1. The third-order valence-corrected chi connectivity index (χ3v) is 4.97. The number of rotatable bonds is 5. The third kappa shape index (κ3) is 4.84. The van der Waals surface area contributed by atoms with Crippen LogP contribution in [0.5, 0.6) is 0 Å². The molecule has 0 fully saturated rings. The Morgan fingerprint density at radius 2 is 1.85 bits per heavy atom. The monoisotopic (exact) mass is 369 g/mol. The second kappa shape index (κ2) is 8.66. The summed E-state index contributed by atoms with van der Waals surface area (Å²) in [4.78, 5) is 26.1. The van der Waals surface area contributed by atoms with Crippen LogP contribution in [0.15, 0.2) is 48.5 Å². The maximum atomic E-state index is 12.9. The molecule has 0 saturated heterocycles. The molecule has 0 bridgehead atoms. The molecule has 1 aliphatic rings. The van der Waals surface area contributed by atoms with Crippen molar-refractivity contribution < 1.29 is 14.0 Å². The van der Waals surface area contributed by atoms with Gasteiger partial charge in [-0.05, 0) is 48.1 Å². The SMILES string of the molecule is CN(C(=O)CNC(=O)NCc1ccc(F)cc1)[C@H]1CCCc2ccccc21. The van der Waals surface area contributed by atoms with E-state index in [0.29, 0.717) is 0 Å². The van der Waals surface area contributed by atoms with Crippen LogP contribution in [-0.2, 0) is 17.8 Å². The van der Waals surface area contributed by atoms with Gasteiger partial charge in [-0.15, -0.1) is 0 Å². The first-order valence-electron chi connectivity index (χ1n) is 9.14. The second-order valence-electron chi connectivity index (χ2n) is 6.77. The van der Waals surface area contributed by atoms with Crippen LogP contribution < -0.4 is 10.6 Å². The highest BCUT2D eigenvalue weighted by Gasteiger charge is 2.26. The number of benzene rings is 2. The predicted molar refractivity (Wildman–Crippen MR) is 102 cm³/mol. The lowest BCUT2D eigenvalue weighted by molar-refractivity contribution is -0.131. The fourth-order valence-corrected chi connectivity index (χ4v) is 3.43. The second-order valence-corrected chi connectivity index (χ2v) is 6.77. The van der Waals surface area contributed by atoms with Gasteiger partial charge in [-0.3, -0.25) is 4.79 Å². The number of hydrogen-bond acceptors (Lipinski definition) is 2. The van der Waals surface area contributed by atoms with Crippen LogP contribution in [-0.4, -0.2) is 30.4 Å². The predicted octanol–water partition coefficient (Wildman–Crippen LogP) is 3.16. The van der Waals surface area contributed by atoms with Crippen molar-refractivity contribution in [2.75, 3.05) is 13.6 Å². The lowest BCUT2D eigenvalue weighted by Crippen LogP contribution is -2.43. The van der Waals surface area contributed by atoms with Crippen LogP contribution in [0.4, 0.5) is 9.18 Å². The molecule has 5 nitrogen and oxygen atoms in total. The number of aryl methyl sites for hydroxylation is 1. The van der Waals surface area contributed by atoms with Gasteiger partial charge in [0.15, 0.2) is 0 Å². The number of hydrogen-bond donors (Lipinski definition) is 2. The summed E-state index contributed by atoms with van der Waals surface area (Å²) in [6.45, 7) is 0.205. The molecular weight excluding hydrogens is 345 g/mol. The minimum atomic E-state index is -0.426. The summed E-state index contributed by atoms with van der Waals surface area (Å²) >= 11 is 0. The van der Waals surface area contributed by atoms with Crippen molar-refractivity contribution >= 4 is 11.9 Å². The number of likely N-dealkylation sites (N-methyl/N-ethyl adjacent to an activating group) is 1. The normalized spacial score (nSPS) is 15.6. The van der Waals surface area contributed by atoms with E-state index >= 15 is 0 Å². The highest BCUT2D eigenvalue weighted by molar-refractivity contribution is 5.84. The molecule has 0 heterocycles. The zero-order chi connectivity index (χ0) is 19.2. The molecule has 0 saturated carbocycles. The third-order valence-electron chi connectivity index (χ3n) is 4.97. The van der Waals surface area contributed by atoms with Crippen LogP contribution in [0.3, 0.4) is 0 Å². The molecule has 3 rings (SSSR count). The largest absolute Gasteiger partial charge is 0.337 e. The first-order valence-corrected chi connectivity index (χ1v) is 9.14. The first kappa shape index (κ1) is 18.9. The Kier molecular flexibility index (Phi) is 6.06.